The predicted octanol–water partition coefficient (Wildman–Crippen LogP) is 2.92. The van der Waals surface area contributed by atoms with Crippen molar-refractivity contribution in [3.8, 4) is 0 Å². The second-order valence-corrected chi connectivity index (χ2v) is 4.07. The van der Waals surface area contributed by atoms with Crippen LogP contribution in [0.1, 0.15) is 5.56 Å². The van der Waals surface area contributed by atoms with E-state index in [0.29, 0.717) is 11.8 Å². The molecule has 0 saturated heterocycles. The molecule has 13 heavy (non-hydrogen) atoms. The van der Waals surface area contributed by atoms with E-state index in [0.717, 1.165) is 5.56 Å². The number of thioether (sulfide) groups is 1. The number of carbonyl (C=O) groups is 1. The molecule has 0 bridgehead atoms. The normalized spacial score (nSPS) is 10.0. The lowest BCUT2D eigenvalue weighted by atomic mass is 10.1. The number of rotatable bonds is 4. The number of halogens is 1. The van der Waals surface area contributed by atoms with Crippen LogP contribution in [0.5, 0.6) is 0 Å². The summed E-state index contributed by atoms with van der Waals surface area (Å²) in [5, 5.41) is 0.440. The van der Waals surface area contributed by atoms with Crippen LogP contribution in [0.25, 0.3) is 0 Å². The Morgan fingerprint density at radius 3 is 2.77 bits per heavy atom. The molecular formula is C10H11BrOS. The number of benzene rings is 1. The van der Waals surface area contributed by atoms with E-state index in [1.54, 1.807) is 11.8 Å². The molecule has 0 radical (unpaired) electrons. The summed E-state index contributed by atoms with van der Waals surface area (Å²) < 4.78 is 0. The lowest BCUT2D eigenvalue weighted by molar-refractivity contribution is -0.115. The van der Waals surface area contributed by atoms with Gasteiger partial charge in [0.05, 0.1) is 5.33 Å². The van der Waals surface area contributed by atoms with Crippen LogP contribution in [0.15, 0.2) is 29.2 Å². The minimum Gasteiger partial charge on any atom is -0.298 e. The van der Waals surface area contributed by atoms with Gasteiger partial charge in [-0.2, -0.15) is 0 Å². The fourth-order valence-electron chi connectivity index (χ4n) is 1.11. The Morgan fingerprint density at radius 2 is 2.15 bits per heavy atom. The van der Waals surface area contributed by atoms with Crippen LogP contribution >= 0.6 is 27.7 Å². The number of ketones is 1. The molecule has 0 N–H and O–H groups in total. The van der Waals surface area contributed by atoms with Crippen molar-refractivity contribution in [3.05, 3.63) is 29.8 Å². The molecule has 1 aromatic carbocycles. The molecule has 0 amide bonds. The van der Waals surface area contributed by atoms with E-state index in [9.17, 15) is 4.79 Å². The van der Waals surface area contributed by atoms with Gasteiger partial charge in [0.15, 0.2) is 0 Å². The van der Waals surface area contributed by atoms with Gasteiger partial charge in [-0.3, -0.25) is 4.79 Å². The fourth-order valence-corrected chi connectivity index (χ4v) is 1.92. The van der Waals surface area contributed by atoms with Gasteiger partial charge in [0, 0.05) is 11.3 Å². The highest BCUT2D eigenvalue weighted by Crippen LogP contribution is 2.20. The molecule has 1 nitrogen and oxygen atoms in total. The third kappa shape index (κ3) is 3.16. The largest absolute Gasteiger partial charge is 0.298 e. The van der Waals surface area contributed by atoms with Gasteiger partial charge in [0.1, 0.15) is 5.78 Å². The summed E-state index contributed by atoms with van der Waals surface area (Å²) in [4.78, 5) is 12.4. The van der Waals surface area contributed by atoms with Crippen LogP contribution in [-0.4, -0.2) is 17.4 Å². The van der Waals surface area contributed by atoms with Gasteiger partial charge < -0.3 is 0 Å². The van der Waals surface area contributed by atoms with Gasteiger partial charge in [-0.05, 0) is 17.9 Å². The number of Topliss-reactive ketones (excluding diaryl/α,β-unsaturated/α-hetero) is 1. The standard InChI is InChI=1S/C10H11BrOS/c1-13-10-5-3-2-4-8(10)6-9(12)7-11/h2-5H,6-7H2,1H3. The van der Waals surface area contributed by atoms with Gasteiger partial charge in [-0.25, -0.2) is 0 Å². The molecule has 0 aliphatic carbocycles. The summed E-state index contributed by atoms with van der Waals surface area (Å²) in [6, 6.07) is 8.01. The van der Waals surface area contributed by atoms with Crippen LogP contribution < -0.4 is 0 Å². The Hall–Kier alpha value is -0.280. The van der Waals surface area contributed by atoms with E-state index < -0.39 is 0 Å². The maximum absolute atomic E-state index is 11.2. The van der Waals surface area contributed by atoms with Crippen molar-refractivity contribution >= 4 is 33.5 Å². The first-order valence-electron chi connectivity index (χ1n) is 3.97. The van der Waals surface area contributed by atoms with Crippen molar-refractivity contribution < 1.29 is 4.79 Å². The van der Waals surface area contributed by atoms with Gasteiger partial charge in [-0.15, -0.1) is 11.8 Å². The van der Waals surface area contributed by atoms with Crippen molar-refractivity contribution in [2.75, 3.05) is 11.6 Å². The Labute approximate surface area is 91.0 Å². The maximum Gasteiger partial charge on any atom is 0.147 e. The molecule has 0 atom stereocenters. The molecule has 3 heteroatoms. The lowest BCUT2D eigenvalue weighted by Crippen LogP contribution is -2.04. The van der Waals surface area contributed by atoms with Crippen LogP contribution in [-0.2, 0) is 11.2 Å². The Kier molecular flexibility index (Phi) is 4.53. The summed E-state index contributed by atoms with van der Waals surface area (Å²) in [6.45, 7) is 0. The van der Waals surface area contributed by atoms with E-state index in [2.05, 4.69) is 15.9 Å². The van der Waals surface area contributed by atoms with Crippen molar-refractivity contribution in [2.24, 2.45) is 0 Å². The summed E-state index contributed by atoms with van der Waals surface area (Å²) >= 11 is 4.84. The molecular weight excluding hydrogens is 248 g/mol. The molecule has 1 aromatic rings. The highest BCUT2D eigenvalue weighted by molar-refractivity contribution is 9.09. The van der Waals surface area contributed by atoms with E-state index >= 15 is 0 Å². The zero-order valence-corrected chi connectivity index (χ0v) is 9.82. The minimum atomic E-state index is 0.224. The summed E-state index contributed by atoms with van der Waals surface area (Å²) in [5.41, 5.74) is 1.12. The maximum atomic E-state index is 11.2. The zero-order valence-electron chi connectivity index (χ0n) is 7.42. The zero-order chi connectivity index (χ0) is 9.68. The monoisotopic (exact) mass is 258 g/mol. The minimum absolute atomic E-state index is 0.224. The lowest BCUT2D eigenvalue weighted by Gasteiger charge is -2.04. The molecule has 0 heterocycles. The van der Waals surface area contributed by atoms with Crippen LogP contribution in [0, 0.1) is 0 Å². The van der Waals surface area contributed by atoms with Gasteiger partial charge in [0.2, 0.25) is 0 Å². The molecule has 0 aliphatic rings. The average molecular weight is 259 g/mol. The van der Waals surface area contributed by atoms with Gasteiger partial charge in [-0.1, -0.05) is 34.1 Å². The number of hydrogen-bond acceptors (Lipinski definition) is 2. The third-order valence-electron chi connectivity index (χ3n) is 1.73. The SMILES string of the molecule is CSc1ccccc1CC(=O)CBr. The molecule has 1 rings (SSSR count). The second-order valence-electron chi connectivity index (χ2n) is 2.66. The molecule has 0 aromatic heterocycles. The number of carbonyl (C=O) groups excluding carboxylic acids is 1. The highest BCUT2D eigenvalue weighted by Gasteiger charge is 2.05. The van der Waals surface area contributed by atoms with Gasteiger partial charge >= 0.3 is 0 Å². The van der Waals surface area contributed by atoms with Gasteiger partial charge in [0.25, 0.3) is 0 Å². The molecule has 0 aliphatic heterocycles. The first kappa shape index (κ1) is 10.8. The average Bonchev–Trinajstić information content (AvgIpc) is 2.18. The van der Waals surface area contributed by atoms with Crippen LogP contribution in [0.2, 0.25) is 0 Å². The smallest absolute Gasteiger partial charge is 0.147 e. The quantitative estimate of drug-likeness (QED) is 0.611. The first-order valence-corrected chi connectivity index (χ1v) is 6.32. The topological polar surface area (TPSA) is 17.1 Å². The van der Waals surface area contributed by atoms with E-state index in [-0.39, 0.29) is 5.78 Å². The van der Waals surface area contributed by atoms with Crippen molar-refractivity contribution in [1.29, 1.82) is 0 Å². The Balaban J connectivity index is 2.81. The second kappa shape index (κ2) is 5.45. The van der Waals surface area contributed by atoms with Crippen molar-refractivity contribution in [2.45, 2.75) is 11.3 Å². The third-order valence-corrected chi connectivity index (χ3v) is 3.19. The van der Waals surface area contributed by atoms with Crippen LogP contribution in [0.4, 0.5) is 0 Å². The predicted molar refractivity (Wildman–Crippen MR) is 60.7 cm³/mol. The fraction of sp³-hybridized carbons (Fsp3) is 0.300. The summed E-state index contributed by atoms with van der Waals surface area (Å²) in [6.07, 6.45) is 2.56. The van der Waals surface area contributed by atoms with E-state index in [1.165, 1.54) is 4.90 Å². The van der Waals surface area contributed by atoms with E-state index in [1.807, 2.05) is 30.5 Å². The molecule has 0 spiro atoms. The first-order chi connectivity index (χ1) is 6.27. The molecule has 70 valence electrons. The number of hydrogen-bond donors (Lipinski definition) is 0. The summed E-state index contributed by atoms with van der Waals surface area (Å²) in [7, 11) is 0. The molecule has 0 unspecified atom stereocenters. The van der Waals surface area contributed by atoms with Crippen molar-refractivity contribution in [1.82, 2.24) is 0 Å². The van der Waals surface area contributed by atoms with Crippen LogP contribution in [0.3, 0.4) is 0 Å². The Bertz CT molecular complexity index is 299. The van der Waals surface area contributed by atoms with E-state index in [4.69, 9.17) is 0 Å². The molecule has 0 saturated carbocycles. The Morgan fingerprint density at radius 1 is 1.46 bits per heavy atom. The summed E-state index contributed by atoms with van der Waals surface area (Å²) in [5.74, 6) is 0.224. The highest BCUT2D eigenvalue weighted by atomic mass is 79.9. The molecule has 0 fully saturated rings. The van der Waals surface area contributed by atoms with Crippen molar-refractivity contribution in [3.63, 3.8) is 0 Å². The number of alkyl halides is 1.